The minimum absolute atomic E-state index is 0.0628. The molecule has 8 heteroatoms. The van der Waals surface area contributed by atoms with Crippen LogP contribution in [0.15, 0.2) is 54.7 Å². The zero-order valence-corrected chi connectivity index (χ0v) is 31.4. The molecule has 0 amide bonds. The van der Waals surface area contributed by atoms with Gasteiger partial charge in [-0.2, -0.15) is 0 Å². The number of rotatable bonds is 14. The third kappa shape index (κ3) is 7.64. The molecule has 0 radical (unpaired) electrons. The number of halogens is 1. The highest BCUT2D eigenvalue weighted by Crippen LogP contribution is 2.57. The van der Waals surface area contributed by atoms with Crippen LogP contribution in [-0.4, -0.2) is 58.8 Å². The smallest absolute Gasteiger partial charge is 0.329 e. The van der Waals surface area contributed by atoms with Crippen LogP contribution >= 0.6 is 11.6 Å². The summed E-state index contributed by atoms with van der Waals surface area (Å²) in [5.74, 6) is 2.27. The quantitative estimate of drug-likeness (QED) is 0.173. The van der Waals surface area contributed by atoms with Gasteiger partial charge in [-0.25, -0.2) is 4.79 Å². The van der Waals surface area contributed by atoms with Crippen molar-refractivity contribution in [2.24, 2.45) is 11.8 Å². The molecule has 4 atom stereocenters. The maximum absolute atomic E-state index is 13.0. The summed E-state index contributed by atoms with van der Waals surface area (Å²) in [6, 6.07) is 16.1. The molecule has 1 aromatic heterocycles. The average Bonchev–Trinajstić information content (AvgIpc) is 3.38. The molecule has 1 fully saturated rings. The van der Waals surface area contributed by atoms with E-state index in [1.807, 2.05) is 36.5 Å². The second-order valence-corrected chi connectivity index (χ2v) is 15.9. The number of likely N-dealkylation sites (N-methyl/N-ethyl adjacent to an activating group) is 1. The van der Waals surface area contributed by atoms with Crippen molar-refractivity contribution in [1.29, 1.82) is 0 Å². The van der Waals surface area contributed by atoms with E-state index in [9.17, 15) is 9.90 Å². The summed E-state index contributed by atoms with van der Waals surface area (Å²) in [5.41, 5.74) is 4.76. The number of ether oxygens (including phenoxy) is 2. The van der Waals surface area contributed by atoms with E-state index in [1.165, 1.54) is 35.2 Å². The molecule has 0 bridgehead atoms. The van der Waals surface area contributed by atoms with Gasteiger partial charge in [-0.3, -0.25) is 4.98 Å². The lowest BCUT2D eigenvalue weighted by Crippen LogP contribution is -2.53. The second kappa shape index (κ2) is 15.5. The van der Waals surface area contributed by atoms with E-state index >= 15 is 0 Å². The van der Waals surface area contributed by atoms with Crippen molar-refractivity contribution in [3.63, 3.8) is 0 Å². The van der Waals surface area contributed by atoms with Gasteiger partial charge in [0, 0.05) is 34.7 Å². The molecular weight excluding hydrogens is 646 g/mol. The van der Waals surface area contributed by atoms with Gasteiger partial charge in [0.1, 0.15) is 23.1 Å². The predicted molar refractivity (Wildman–Crippen MR) is 202 cm³/mol. The van der Waals surface area contributed by atoms with Gasteiger partial charge < -0.3 is 24.8 Å². The Morgan fingerprint density at radius 2 is 1.88 bits per heavy atom. The first-order chi connectivity index (χ1) is 24.1. The minimum atomic E-state index is -1.05. The van der Waals surface area contributed by atoms with Crippen molar-refractivity contribution in [3.8, 4) is 11.5 Å². The fraction of sp³-hybridized carbons (Fsp3) is 0.571. The molecule has 50 heavy (non-hydrogen) atoms. The van der Waals surface area contributed by atoms with Crippen LogP contribution in [0.1, 0.15) is 108 Å². The number of anilines is 1. The summed E-state index contributed by atoms with van der Waals surface area (Å²) < 4.78 is 13.1. The summed E-state index contributed by atoms with van der Waals surface area (Å²) in [6.45, 7) is 14.7. The summed E-state index contributed by atoms with van der Waals surface area (Å²) in [4.78, 5) is 20.1. The van der Waals surface area contributed by atoms with Crippen molar-refractivity contribution in [1.82, 2.24) is 9.88 Å². The molecule has 6 rings (SSSR count). The lowest BCUT2D eigenvalue weighted by atomic mass is 9.59. The van der Waals surface area contributed by atoms with Crippen molar-refractivity contribution in [3.05, 3.63) is 82.1 Å². The van der Waals surface area contributed by atoms with E-state index in [0.717, 1.165) is 68.9 Å². The molecule has 1 heterocycles. The van der Waals surface area contributed by atoms with Crippen molar-refractivity contribution in [2.45, 2.75) is 115 Å². The Balaban J connectivity index is 1.24. The molecule has 1 spiro atoms. The van der Waals surface area contributed by atoms with E-state index in [-0.39, 0.29) is 11.5 Å². The van der Waals surface area contributed by atoms with Crippen molar-refractivity contribution >= 4 is 23.3 Å². The Bertz CT molecular complexity index is 1630. The molecule has 0 saturated heterocycles. The summed E-state index contributed by atoms with van der Waals surface area (Å²) >= 11 is 6.30. The van der Waals surface area contributed by atoms with Gasteiger partial charge in [-0.1, -0.05) is 51.4 Å². The maximum Gasteiger partial charge on any atom is 0.329 e. The lowest BCUT2D eigenvalue weighted by molar-refractivity contribution is -0.144. The number of carbonyl (C=O) groups is 1. The highest BCUT2D eigenvalue weighted by molar-refractivity contribution is 6.30. The van der Waals surface area contributed by atoms with E-state index in [0.29, 0.717) is 42.2 Å². The number of benzene rings is 2. The van der Waals surface area contributed by atoms with Crippen LogP contribution in [0.4, 0.5) is 5.69 Å². The number of hydrogen-bond acceptors (Lipinski definition) is 6. The second-order valence-electron chi connectivity index (χ2n) is 15.4. The number of aromatic nitrogens is 1. The Morgan fingerprint density at radius 3 is 2.60 bits per heavy atom. The number of aryl methyl sites for hydroxylation is 1. The fourth-order valence-electron chi connectivity index (χ4n) is 9.26. The SMILES string of the molecule is CCN(CC)CC(C)Oc1ccc2c(c1)C1(CCC(Nc3cccc(Cl)c3)(C(=O)O)CC1)C(C[C@@H](C)COc1ccnc3c1[C@H](C)CCC3)C2. The van der Waals surface area contributed by atoms with Crippen LogP contribution in [0.2, 0.25) is 5.02 Å². The van der Waals surface area contributed by atoms with Gasteiger partial charge in [0.25, 0.3) is 0 Å². The maximum atomic E-state index is 13.0. The largest absolute Gasteiger partial charge is 0.493 e. The molecule has 2 N–H and O–H groups in total. The topological polar surface area (TPSA) is 83.9 Å². The van der Waals surface area contributed by atoms with Crippen LogP contribution in [0.3, 0.4) is 0 Å². The first-order valence-corrected chi connectivity index (χ1v) is 19.3. The Hall–Kier alpha value is -3.29. The van der Waals surface area contributed by atoms with Gasteiger partial charge in [-0.15, -0.1) is 0 Å². The standard InChI is InChI=1S/C42H56ClN3O4/c1-6-46(7-2)26-30(5)50-35-15-14-31-23-32(22-28(3)27-49-38-16-21-44-37-13-8-10-29(4)39(37)38)41(36(31)25-35)17-19-42(20-18-41,40(47)48)45-34-12-9-11-33(43)24-34/h9,11-12,14-16,21,24-25,28-30,32,45H,6-8,10,13,17-20,22-23,26-27H2,1-5H3,(H,47,48)/t28-,29-,30?,32?,41?,42?/m1/s1. The fourth-order valence-corrected chi connectivity index (χ4v) is 9.46. The van der Waals surface area contributed by atoms with Crippen LogP contribution < -0.4 is 14.8 Å². The number of carboxylic acid groups (broad SMARTS) is 1. The van der Waals surface area contributed by atoms with E-state index in [4.69, 9.17) is 21.1 Å². The number of aliphatic carboxylic acids is 1. The van der Waals surface area contributed by atoms with Gasteiger partial charge in [0.05, 0.1) is 6.61 Å². The summed E-state index contributed by atoms with van der Waals surface area (Å²) in [7, 11) is 0. The third-order valence-corrected chi connectivity index (χ3v) is 12.2. The van der Waals surface area contributed by atoms with Gasteiger partial charge in [-0.05, 0) is 148 Å². The van der Waals surface area contributed by atoms with E-state index < -0.39 is 11.5 Å². The van der Waals surface area contributed by atoms with Gasteiger partial charge in [0.2, 0.25) is 0 Å². The normalized spacial score (nSPS) is 25.5. The average molecular weight is 702 g/mol. The summed E-state index contributed by atoms with van der Waals surface area (Å²) in [6.07, 6.45) is 9.97. The summed E-state index contributed by atoms with van der Waals surface area (Å²) in [5, 5.41) is 14.7. The molecule has 3 aliphatic rings. The Morgan fingerprint density at radius 1 is 1.10 bits per heavy atom. The number of fused-ring (bicyclic) bond motifs is 3. The zero-order chi connectivity index (χ0) is 35.5. The molecule has 7 nitrogen and oxygen atoms in total. The molecule has 270 valence electrons. The first-order valence-electron chi connectivity index (χ1n) is 19.0. The van der Waals surface area contributed by atoms with Crippen LogP contribution in [0.25, 0.3) is 0 Å². The first kappa shape index (κ1) is 36.5. The van der Waals surface area contributed by atoms with Crippen LogP contribution in [0, 0.1) is 11.8 Å². The molecule has 2 unspecified atom stereocenters. The zero-order valence-electron chi connectivity index (χ0n) is 30.6. The Kier molecular flexibility index (Phi) is 11.3. The molecule has 0 aliphatic heterocycles. The lowest BCUT2D eigenvalue weighted by Gasteiger charge is -2.47. The highest BCUT2D eigenvalue weighted by atomic mass is 35.5. The number of nitrogens with one attached hydrogen (secondary N) is 1. The van der Waals surface area contributed by atoms with Gasteiger partial charge >= 0.3 is 5.97 Å². The highest BCUT2D eigenvalue weighted by Gasteiger charge is 2.54. The monoisotopic (exact) mass is 701 g/mol. The Labute approximate surface area is 304 Å². The van der Waals surface area contributed by atoms with Crippen LogP contribution in [0.5, 0.6) is 11.5 Å². The third-order valence-electron chi connectivity index (χ3n) is 12.0. The molecule has 1 saturated carbocycles. The van der Waals surface area contributed by atoms with Gasteiger partial charge in [0.15, 0.2) is 0 Å². The predicted octanol–water partition coefficient (Wildman–Crippen LogP) is 9.31. The number of carboxylic acids is 1. The number of hydrogen-bond donors (Lipinski definition) is 2. The number of pyridine rings is 1. The van der Waals surface area contributed by atoms with E-state index in [2.05, 4.69) is 68.0 Å². The van der Waals surface area contributed by atoms with Crippen molar-refractivity contribution < 1.29 is 19.4 Å². The van der Waals surface area contributed by atoms with Crippen molar-refractivity contribution in [2.75, 3.05) is 31.6 Å². The number of nitrogens with zero attached hydrogens (tertiary/aromatic N) is 2. The minimum Gasteiger partial charge on any atom is -0.493 e. The molecular formula is C42H56ClN3O4. The molecule has 2 aromatic carbocycles. The van der Waals surface area contributed by atoms with Crippen LogP contribution in [-0.2, 0) is 23.1 Å². The van der Waals surface area contributed by atoms with E-state index in [1.54, 1.807) is 0 Å². The molecule has 3 aromatic rings. The molecule has 3 aliphatic carbocycles.